The second-order valence-corrected chi connectivity index (χ2v) is 6.09. The number of aryl methyl sites for hydroxylation is 1. The summed E-state index contributed by atoms with van der Waals surface area (Å²) in [6, 6.07) is 4.84. The van der Waals surface area contributed by atoms with Gasteiger partial charge in [0.15, 0.2) is 5.96 Å². The Morgan fingerprint density at radius 3 is 2.84 bits per heavy atom. The maximum Gasteiger partial charge on any atom is 0.294 e. The van der Waals surface area contributed by atoms with Gasteiger partial charge in [0.2, 0.25) is 11.7 Å². The van der Waals surface area contributed by atoms with Crippen molar-refractivity contribution < 1.29 is 14.1 Å². The Bertz CT molecular complexity index is 874. The Kier molecular flexibility index (Phi) is 3.99. The SMILES string of the molecule is Cc1cc(C(=O)Nc2ccnc(C3(C)CC(=O)N(C)C(N)=N3)c2)on1. The highest BCUT2D eigenvalue weighted by Crippen LogP contribution is 2.32. The van der Waals surface area contributed by atoms with Gasteiger partial charge in [0.1, 0.15) is 5.54 Å². The second-order valence-electron chi connectivity index (χ2n) is 6.09. The smallest absolute Gasteiger partial charge is 0.294 e. The van der Waals surface area contributed by atoms with E-state index in [1.165, 1.54) is 11.1 Å². The first-order valence-electron chi connectivity index (χ1n) is 7.61. The van der Waals surface area contributed by atoms with Crippen LogP contribution < -0.4 is 11.1 Å². The summed E-state index contributed by atoms with van der Waals surface area (Å²) in [5, 5.41) is 6.39. The summed E-state index contributed by atoms with van der Waals surface area (Å²) in [5.41, 5.74) is 6.57. The number of amides is 2. The number of hydrogen-bond donors (Lipinski definition) is 2. The molecule has 0 fully saturated rings. The van der Waals surface area contributed by atoms with Crippen LogP contribution in [0.4, 0.5) is 5.69 Å². The van der Waals surface area contributed by atoms with Gasteiger partial charge in [0, 0.05) is 25.0 Å². The van der Waals surface area contributed by atoms with Crippen LogP contribution in [-0.4, -0.2) is 39.9 Å². The number of anilines is 1. The largest absolute Gasteiger partial charge is 0.369 e. The van der Waals surface area contributed by atoms with Crippen LogP contribution in [0.5, 0.6) is 0 Å². The molecule has 25 heavy (non-hydrogen) atoms. The number of rotatable bonds is 3. The van der Waals surface area contributed by atoms with E-state index < -0.39 is 11.4 Å². The van der Waals surface area contributed by atoms with Crippen molar-refractivity contribution in [3.05, 3.63) is 41.5 Å². The summed E-state index contributed by atoms with van der Waals surface area (Å²) in [5.74, 6) is -0.334. The number of carbonyl (C=O) groups excluding carboxylic acids is 2. The highest BCUT2D eigenvalue weighted by atomic mass is 16.5. The molecule has 0 radical (unpaired) electrons. The lowest BCUT2D eigenvalue weighted by molar-refractivity contribution is -0.128. The zero-order chi connectivity index (χ0) is 18.2. The number of hydrogen-bond acceptors (Lipinski definition) is 7. The minimum Gasteiger partial charge on any atom is -0.369 e. The third kappa shape index (κ3) is 3.21. The number of aliphatic imine (C=N–C) groups is 1. The predicted molar refractivity (Wildman–Crippen MR) is 89.8 cm³/mol. The van der Waals surface area contributed by atoms with E-state index >= 15 is 0 Å². The monoisotopic (exact) mass is 342 g/mol. The number of pyridine rings is 1. The third-order valence-corrected chi connectivity index (χ3v) is 4.00. The van der Waals surface area contributed by atoms with Crippen molar-refractivity contribution in [2.75, 3.05) is 12.4 Å². The fraction of sp³-hybridized carbons (Fsp3) is 0.312. The van der Waals surface area contributed by atoms with Gasteiger partial charge in [-0.05, 0) is 26.0 Å². The van der Waals surface area contributed by atoms with Crippen LogP contribution in [0, 0.1) is 6.92 Å². The number of nitrogens with one attached hydrogen (secondary N) is 1. The van der Waals surface area contributed by atoms with Crippen molar-refractivity contribution in [1.29, 1.82) is 0 Å². The molecule has 0 aliphatic carbocycles. The molecule has 0 aromatic carbocycles. The molecule has 0 bridgehead atoms. The molecule has 3 heterocycles. The van der Waals surface area contributed by atoms with Gasteiger partial charge in [-0.3, -0.25) is 19.5 Å². The lowest BCUT2D eigenvalue weighted by Gasteiger charge is -2.32. The highest BCUT2D eigenvalue weighted by molar-refractivity contribution is 6.02. The number of guanidine groups is 1. The zero-order valence-electron chi connectivity index (χ0n) is 14.1. The van der Waals surface area contributed by atoms with E-state index in [2.05, 4.69) is 20.4 Å². The first-order chi connectivity index (χ1) is 11.8. The molecular weight excluding hydrogens is 324 g/mol. The van der Waals surface area contributed by atoms with E-state index in [1.54, 1.807) is 39.1 Å². The lowest BCUT2D eigenvalue weighted by Crippen LogP contribution is -2.47. The van der Waals surface area contributed by atoms with Crippen LogP contribution in [0.2, 0.25) is 0 Å². The average molecular weight is 342 g/mol. The first-order valence-corrected chi connectivity index (χ1v) is 7.61. The summed E-state index contributed by atoms with van der Waals surface area (Å²) in [6.07, 6.45) is 1.67. The molecule has 9 nitrogen and oxygen atoms in total. The molecule has 2 aromatic rings. The van der Waals surface area contributed by atoms with Crippen LogP contribution in [0.15, 0.2) is 33.9 Å². The van der Waals surface area contributed by atoms with E-state index in [1.807, 2.05) is 0 Å². The summed E-state index contributed by atoms with van der Waals surface area (Å²) in [7, 11) is 1.57. The predicted octanol–water partition coefficient (Wildman–Crippen LogP) is 1.02. The second kappa shape index (κ2) is 6.00. The van der Waals surface area contributed by atoms with Gasteiger partial charge >= 0.3 is 0 Å². The molecule has 9 heteroatoms. The molecule has 3 N–H and O–H groups in total. The summed E-state index contributed by atoms with van der Waals surface area (Å²) >= 11 is 0. The summed E-state index contributed by atoms with van der Waals surface area (Å²) in [6.45, 7) is 3.50. The molecule has 0 spiro atoms. The van der Waals surface area contributed by atoms with E-state index in [-0.39, 0.29) is 24.0 Å². The minimum atomic E-state index is -0.892. The van der Waals surface area contributed by atoms with Crippen molar-refractivity contribution in [2.24, 2.45) is 10.7 Å². The van der Waals surface area contributed by atoms with E-state index in [0.717, 1.165) is 0 Å². The molecule has 0 saturated carbocycles. The van der Waals surface area contributed by atoms with Crippen LogP contribution in [-0.2, 0) is 10.3 Å². The van der Waals surface area contributed by atoms with E-state index in [0.29, 0.717) is 17.1 Å². The van der Waals surface area contributed by atoms with Gasteiger partial charge in [0.25, 0.3) is 5.91 Å². The Labute approximate surface area is 143 Å². The van der Waals surface area contributed by atoms with Gasteiger partial charge in [-0.25, -0.2) is 4.99 Å². The number of nitrogens with two attached hydrogens (primary N) is 1. The maximum absolute atomic E-state index is 12.2. The van der Waals surface area contributed by atoms with E-state index in [4.69, 9.17) is 10.3 Å². The van der Waals surface area contributed by atoms with Crippen molar-refractivity contribution in [3.63, 3.8) is 0 Å². The standard InChI is InChI=1S/C16H18N6O3/c1-9-6-11(25-21-9)14(24)19-10-4-5-18-12(7-10)16(2)8-13(23)22(3)15(17)20-16/h4-7H,8H2,1-3H3,(H2,17,20)(H,18,19,24). The van der Waals surface area contributed by atoms with Crippen molar-refractivity contribution in [3.8, 4) is 0 Å². The topological polar surface area (TPSA) is 127 Å². The maximum atomic E-state index is 12.2. The van der Waals surface area contributed by atoms with Gasteiger partial charge in [0.05, 0.1) is 17.8 Å². The zero-order valence-corrected chi connectivity index (χ0v) is 14.1. The van der Waals surface area contributed by atoms with Crippen molar-refractivity contribution in [1.82, 2.24) is 15.0 Å². The fourth-order valence-corrected chi connectivity index (χ4v) is 2.52. The molecule has 3 rings (SSSR count). The van der Waals surface area contributed by atoms with E-state index in [9.17, 15) is 9.59 Å². The van der Waals surface area contributed by atoms with Crippen LogP contribution in [0.25, 0.3) is 0 Å². The molecule has 1 aliphatic heterocycles. The number of nitrogens with zero attached hydrogens (tertiary/aromatic N) is 4. The minimum absolute atomic E-state index is 0.110. The average Bonchev–Trinajstić information content (AvgIpc) is 2.99. The van der Waals surface area contributed by atoms with Crippen molar-refractivity contribution >= 4 is 23.5 Å². The Morgan fingerprint density at radius 2 is 2.20 bits per heavy atom. The molecule has 2 aromatic heterocycles. The molecular formula is C16H18N6O3. The van der Waals surface area contributed by atoms with Gasteiger partial charge in [-0.15, -0.1) is 0 Å². The summed E-state index contributed by atoms with van der Waals surface area (Å²) in [4.78, 5) is 34.3. The van der Waals surface area contributed by atoms with Crippen LogP contribution in [0.3, 0.4) is 0 Å². The number of aromatic nitrogens is 2. The lowest BCUT2D eigenvalue weighted by atomic mass is 9.91. The normalized spacial score (nSPS) is 20.4. The molecule has 130 valence electrons. The fourth-order valence-electron chi connectivity index (χ4n) is 2.52. The molecule has 1 unspecified atom stereocenters. The summed E-state index contributed by atoms with van der Waals surface area (Å²) < 4.78 is 4.94. The van der Waals surface area contributed by atoms with Crippen LogP contribution >= 0.6 is 0 Å². The third-order valence-electron chi connectivity index (χ3n) is 4.00. The first kappa shape index (κ1) is 16.6. The Morgan fingerprint density at radius 1 is 1.44 bits per heavy atom. The quantitative estimate of drug-likeness (QED) is 0.857. The molecule has 0 saturated heterocycles. The Hall–Kier alpha value is -3.23. The molecule has 1 aliphatic rings. The van der Waals surface area contributed by atoms with Crippen LogP contribution in [0.1, 0.15) is 35.3 Å². The molecule has 1 atom stereocenters. The molecule has 2 amide bonds. The van der Waals surface area contributed by atoms with Gasteiger partial charge < -0.3 is 15.6 Å². The van der Waals surface area contributed by atoms with Crippen molar-refractivity contribution in [2.45, 2.75) is 25.8 Å². The van der Waals surface area contributed by atoms with Gasteiger partial charge in [-0.1, -0.05) is 5.16 Å². The van der Waals surface area contributed by atoms with Gasteiger partial charge in [-0.2, -0.15) is 0 Å². The Balaban J connectivity index is 1.87. The number of carbonyl (C=O) groups is 2. The highest BCUT2D eigenvalue weighted by Gasteiger charge is 2.37.